The first-order valence-electron chi connectivity index (χ1n) is 7.61. The van der Waals surface area contributed by atoms with Gasteiger partial charge in [-0.15, -0.1) is 0 Å². The predicted octanol–water partition coefficient (Wildman–Crippen LogP) is 5.06. The molecule has 1 aromatic carbocycles. The molecule has 2 nitrogen and oxygen atoms in total. The number of halogens is 2. The highest BCUT2D eigenvalue weighted by atomic mass is 19.2. The first kappa shape index (κ1) is 17.4. The highest BCUT2D eigenvalue weighted by Crippen LogP contribution is 2.33. The van der Waals surface area contributed by atoms with Gasteiger partial charge in [0.15, 0.2) is 11.6 Å². The van der Waals surface area contributed by atoms with Crippen LogP contribution in [0.25, 0.3) is 0 Å². The number of hydrogen-bond donors (Lipinski definition) is 0. The fourth-order valence-electron chi connectivity index (χ4n) is 2.26. The van der Waals surface area contributed by atoms with E-state index < -0.39 is 11.6 Å². The summed E-state index contributed by atoms with van der Waals surface area (Å²) in [6.07, 6.45) is 5.28. The molecule has 0 heterocycles. The first-order chi connectivity index (χ1) is 10.1. The fraction of sp³-hybridized carbons (Fsp3) is 0.588. The summed E-state index contributed by atoms with van der Waals surface area (Å²) in [5, 5.41) is 9.13. The van der Waals surface area contributed by atoms with E-state index in [-0.39, 0.29) is 16.9 Å². The van der Waals surface area contributed by atoms with Crippen molar-refractivity contribution >= 4 is 0 Å². The number of hydrogen-bond acceptors (Lipinski definition) is 2. The van der Waals surface area contributed by atoms with Crippen LogP contribution < -0.4 is 4.74 Å². The van der Waals surface area contributed by atoms with E-state index in [0.29, 0.717) is 18.6 Å². The van der Waals surface area contributed by atoms with Gasteiger partial charge in [-0.2, -0.15) is 5.26 Å². The van der Waals surface area contributed by atoms with Crippen molar-refractivity contribution in [1.29, 1.82) is 5.26 Å². The van der Waals surface area contributed by atoms with E-state index >= 15 is 0 Å². The molecule has 0 aliphatic rings. The van der Waals surface area contributed by atoms with Crippen LogP contribution in [0.15, 0.2) is 0 Å². The predicted molar refractivity (Wildman–Crippen MR) is 79.4 cm³/mol. The van der Waals surface area contributed by atoms with Gasteiger partial charge in [0.05, 0.1) is 6.61 Å². The SMILES string of the molecule is CCCCCc1c(C)c(F)c(F)c(C#N)c1OCCCC. The number of benzene rings is 1. The molecule has 0 saturated carbocycles. The molecule has 0 fully saturated rings. The second kappa shape index (κ2) is 8.61. The third-order valence-electron chi connectivity index (χ3n) is 3.58. The van der Waals surface area contributed by atoms with Gasteiger partial charge in [0.25, 0.3) is 0 Å². The molecule has 1 aromatic rings. The fourth-order valence-corrected chi connectivity index (χ4v) is 2.26. The van der Waals surface area contributed by atoms with Crippen LogP contribution in [-0.4, -0.2) is 6.61 Å². The Morgan fingerprint density at radius 3 is 2.29 bits per heavy atom. The number of unbranched alkanes of at least 4 members (excludes halogenated alkanes) is 3. The van der Waals surface area contributed by atoms with E-state index in [9.17, 15) is 8.78 Å². The van der Waals surface area contributed by atoms with E-state index in [2.05, 4.69) is 6.92 Å². The van der Waals surface area contributed by atoms with Gasteiger partial charge in [-0.3, -0.25) is 0 Å². The van der Waals surface area contributed by atoms with Crippen LogP contribution in [0, 0.1) is 29.9 Å². The molecular weight excluding hydrogens is 272 g/mol. The summed E-state index contributed by atoms with van der Waals surface area (Å²) in [5.41, 5.74) is 0.588. The molecule has 4 heteroatoms. The second-order valence-corrected chi connectivity index (χ2v) is 5.21. The second-order valence-electron chi connectivity index (χ2n) is 5.21. The Morgan fingerprint density at radius 2 is 1.71 bits per heavy atom. The van der Waals surface area contributed by atoms with Crippen LogP contribution in [0.3, 0.4) is 0 Å². The number of nitrogens with zero attached hydrogens (tertiary/aromatic N) is 1. The van der Waals surface area contributed by atoms with Crippen LogP contribution in [-0.2, 0) is 6.42 Å². The Bertz CT molecular complexity index is 521. The molecule has 0 N–H and O–H groups in total. The molecule has 0 unspecified atom stereocenters. The monoisotopic (exact) mass is 295 g/mol. The van der Waals surface area contributed by atoms with E-state index in [1.54, 1.807) is 13.0 Å². The van der Waals surface area contributed by atoms with Crippen molar-refractivity contribution in [3.05, 3.63) is 28.3 Å². The van der Waals surface area contributed by atoms with Gasteiger partial charge < -0.3 is 4.74 Å². The minimum Gasteiger partial charge on any atom is -0.492 e. The van der Waals surface area contributed by atoms with Crippen molar-refractivity contribution in [2.45, 2.75) is 59.3 Å². The van der Waals surface area contributed by atoms with Crippen molar-refractivity contribution in [2.24, 2.45) is 0 Å². The Balaban J connectivity index is 3.22. The van der Waals surface area contributed by atoms with Crippen LogP contribution in [0.4, 0.5) is 8.78 Å². The van der Waals surface area contributed by atoms with Crippen molar-refractivity contribution < 1.29 is 13.5 Å². The molecule has 0 radical (unpaired) electrons. The summed E-state index contributed by atoms with van der Waals surface area (Å²) in [4.78, 5) is 0. The summed E-state index contributed by atoms with van der Waals surface area (Å²) in [6, 6.07) is 1.75. The van der Waals surface area contributed by atoms with Gasteiger partial charge in [0.2, 0.25) is 0 Å². The zero-order valence-electron chi connectivity index (χ0n) is 13.1. The molecule has 0 aliphatic carbocycles. The molecule has 0 spiro atoms. The Hall–Kier alpha value is -1.63. The molecule has 116 valence electrons. The van der Waals surface area contributed by atoms with Crippen LogP contribution in [0.2, 0.25) is 0 Å². The molecule has 1 rings (SSSR count). The summed E-state index contributed by atoms with van der Waals surface area (Å²) in [6.45, 7) is 6.06. The quantitative estimate of drug-likeness (QED) is 0.628. The summed E-state index contributed by atoms with van der Waals surface area (Å²) < 4.78 is 33.5. The Kier molecular flexibility index (Phi) is 7.14. The van der Waals surface area contributed by atoms with Crippen LogP contribution >= 0.6 is 0 Å². The van der Waals surface area contributed by atoms with Gasteiger partial charge in [0, 0.05) is 5.56 Å². The lowest BCUT2D eigenvalue weighted by molar-refractivity contribution is 0.301. The summed E-state index contributed by atoms with van der Waals surface area (Å²) in [5.74, 6) is -1.79. The van der Waals surface area contributed by atoms with Crippen molar-refractivity contribution in [3.8, 4) is 11.8 Å². The van der Waals surface area contributed by atoms with Gasteiger partial charge in [-0.25, -0.2) is 8.78 Å². The first-order valence-corrected chi connectivity index (χ1v) is 7.61. The van der Waals surface area contributed by atoms with Gasteiger partial charge in [-0.1, -0.05) is 33.1 Å². The maximum atomic E-state index is 13.9. The maximum Gasteiger partial charge on any atom is 0.180 e. The van der Waals surface area contributed by atoms with E-state index in [0.717, 1.165) is 32.1 Å². The zero-order chi connectivity index (χ0) is 15.8. The Labute approximate surface area is 125 Å². The lowest BCUT2D eigenvalue weighted by Crippen LogP contribution is -2.08. The summed E-state index contributed by atoms with van der Waals surface area (Å²) in [7, 11) is 0. The molecule has 0 aromatic heterocycles. The molecule has 21 heavy (non-hydrogen) atoms. The molecule has 0 saturated heterocycles. The normalized spacial score (nSPS) is 10.5. The van der Waals surface area contributed by atoms with Crippen molar-refractivity contribution in [2.75, 3.05) is 6.61 Å². The van der Waals surface area contributed by atoms with Gasteiger partial charge >= 0.3 is 0 Å². The van der Waals surface area contributed by atoms with Crippen molar-refractivity contribution in [3.63, 3.8) is 0 Å². The molecular formula is C17H23F2NO. The lowest BCUT2D eigenvalue weighted by atomic mass is 9.97. The maximum absolute atomic E-state index is 13.9. The average molecular weight is 295 g/mol. The van der Waals surface area contributed by atoms with Crippen LogP contribution in [0.1, 0.15) is 62.6 Å². The highest BCUT2D eigenvalue weighted by Gasteiger charge is 2.23. The summed E-state index contributed by atoms with van der Waals surface area (Å²) >= 11 is 0. The van der Waals surface area contributed by atoms with Crippen LogP contribution in [0.5, 0.6) is 5.75 Å². The standard InChI is InChI=1S/C17H23F2NO/c1-4-6-8-9-13-12(3)15(18)16(19)14(11-20)17(13)21-10-7-5-2/h4-10H2,1-3H3. The molecule has 0 amide bonds. The number of nitriles is 1. The average Bonchev–Trinajstić information content (AvgIpc) is 2.48. The highest BCUT2D eigenvalue weighted by molar-refractivity contribution is 5.53. The third-order valence-corrected chi connectivity index (χ3v) is 3.58. The Morgan fingerprint density at radius 1 is 1.05 bits per heavy atom. The number of rotatable bonds is 8. The molecule has 0 atom stereocenters. The number of ether oxygens (including phenoxy) is 1. The van der Waals surface area contributed by atoms with E-state index in [4.69, 9.17) is 10.00 Å². The van der Waals surface area contributed by atoms with E-state index in [1.807, 2.05) is 6.92 Å². The molecule has 0 bridgehead atoms. The lowest BCUT2D eigenvalue weighted by Gasteiger charge is -2.17. The minimum absolute atomic E-state index is 0.235. The van der Waals surface area contributed by atoms with Crippen molar-refractivity contribution in [1.82, 2.24) is 0 Å². The third kappa shape index (κ3) is 4.17. The van der Waals surface area contributed by atoms with E-state index in [1.165, 1.54) is 0 Å². The topological polar surface area (TPSA) is 33.0 Å². The largest absolute Gasteiger partial charge is 0.492 e. The van der Waals surface area contributed by atoms with Gasteiger partial charge in [0.1, 0.15) is 17.4 Å². The minimum atomic E-state index is -1.10. The zero-order valence-corrected chi connectivity index (χ0v) is 13.1. The molecule has 0 aliphatic heterocycles. The van der Waals surface area contributed by atoms with Gasteiger partial charge in [-0.05, 0) is 31.7 Å². The smallest absolute Gasteiger partial charge is 0.180 e.